The lowest BCUT2D eigenvalue weighted by atomic mass is 9.74. The second-order valence-electron chi connectivity index (χ2n) is 8.16. The van der Waals surface area contributed by atoms with E-state index in [1.807, 2.05) is 25.1 Å². The smallest absolute Gasteiger partial charge is 0.231 e. The molecular weight excluding hydrogens is 392 g/mol. The second kappa shape index (κ2) is 8.15. The zero-order chi connectivity index (χ0) is 21.3. The van der Waals surface area contributed by atoms with Crippen LogP contribution >= 0.6 is 0 Å². The summed E-state index contributed by atoms with van der Waals surface area (Å²) in [6.45, 7) is 6.58. The molecule has 0 bridgehead atoms. The van der Waals surface area contributed by atoms with Crippen LogP contribution in [0.3, 0.4) is 0 Å². The maximum Gasteiger partial charge on any atom is 0.231 e. The number of rotatable bonds is 5. The van der Waals surface area contributed by atoms with Gasteiger partial charge in [0.15, 0.2) is 17.3 Å². The largest absolute Gasteiger partial charge is 0.454 e. The maximum atomic E-state index is 5.69. The highest BCUT2D eigenvalue weighted by molar-refractivity contribution is 5.59. The van der Waals surface area contributed by atoms with Crippen molar-refractivity contribution in [2.24, 2.45) is 0 Å². The van der Waals surface area contributed by atoms with Crippen molar-refractivity contribution in [3.63, 3.8) is 0 Å². The van der Waals surface area contributed by atoms with Gasteiger partial charge >= 0.3 is 0 Å². The molecule has 4 heterocycles. The summed E-state index contributed by atoms with van der Waals surface area (Å²) in [6, 6.07) is 10.2. The first-order valence-electron chi connectivity index (χ1n) is 10.6. The van der Waals surface area contributed by atoms with Crippen molar-refractivity contribution in [1.82, 2.24) is 15.0 Å². The predicted molar refractivity (Wildman–Crippen MR) is 118 cm³/mol. The van der Waals surface area contributed by atoms with Gasteiger partial charge in [-0.2, -0.15) is 0 Å². The molecule has 5 rings (SSSR count). The van der Waals surface area contributed by atoms with E-state index in [9.17, 15) is 0 Å². The quantitative estimate of drug-likeness (QED) is 0.670. The SMILES string of the molecule is Cc1nc(-c2cccnc2)nc(NCC2(c3ccc4c(c3)OCO4)CCOCC2)c1C. The molecule has 0 atom stereocenters. The molecule has 1 saturated heterocycles. The lowest BCUT2D eigenvalue weighted by Gasteiger charge is -2.38. The molecule has 7 nitrogen and oxygen atoms in total. The predicted octanol–water partition coefficient (Wildman–Crippen LogP) is 4.04. The van der Waals surface area contributed by atoms with E-state index in [4.69, 9.17) is 19.2 Å². The summed E-state index contributed by atoms with van der Waals surface area (Å²) in [6.07, 6.45) is 5.40. The third kappa shape index (κ3) is 3.81. The van der Waals surface area contributed by atoms with Crippen molar-refractivity contribution < 1.29 is 14.2 Å². The van der Waals surface area contributed by atoms with E-state index < -0.39 is 0 Å². The average molecular weight is 418 g/mol. The number of fused-ring (bicyclic) bond motifs is 1. The Morgan fingerprint density at radius 2 is 1.87 bits per heavy atom. The number of benzene rings is 1. The molecule has 0 radical (unpaired) electrons. The molecule has 1 aromatic carbocycles. The van der Waals surface area contributed by atoms with Gasteiger partial charge in [-0.1, -0.05) is 6.07 Å². The van der Waals surface area contributed by atoms with Gasteiger partial charge in [0, 0.05) is 54.4 Å². The van der Waals surface area contributed by atoms with Crippen molar-refractivity contribution in [3.05, 3.63) is 59.5 Å². The van der Waals surface area contributed by atoms with Gasteiger partial charge in [-0.3, -0.25) is 4.98 Å². The van der Waals surface area contributed by atoms with E-state index in [0.717, 1.165) is 66.7 Å². The molecule has 160 valence electrons. The fraction of sp³-hybridized carbons (Fsp3) is 0.375. The molecule has 2 aromatic heterocycles. The van der Waals surface area contributed by atoms with Crippen molar-refractivity contribution in [1.29, 1.82) is 0 Å². The number of hydrogen-bond acceptors (Lipinski definition) is 7. The van der Waals surface area contributed by atoms with Gasteiger partial charge in [-0.25, -0.2) is 9.97 Å². The molecule has 0 aliphatic carbocycles. The first-order chi connectivity index (χ1) is 15.1. The van der Waals surface area contributed by atoms with Gasteiger partial charge in [0.1, 0.15) is 5.82 Å². The van der Waals surface area contributed by atoms with Crippen LogP contribution in [-0.2, 0) is 10.2 Å². The Morgan fingerprint density at radius 3 is 2.68 bits per heavy atom. The van der Waals surface area contributed by atoms with E-state index in [2.05, 4.69) is 34.3 Å². The summed E-state index contributed by atoms with van der Waals surface area (Å²) in [5.41, 5.74) is 4.09. The minimum absolute atomic E-state index is 0.0704. The number of hydrogen-bond donors (Lipinski definition) is 1. The minimum Gasteiger partial charge on any atom is -0.454 e. The standard InChI is InChI=1S/C24H26N4O3/c1-16-17(2)27-23(18-4-3-9-25-13-18)28-22(16)26-14-24(7-10-29-11-8-24)19-5-6-20-21(12-19)31-15-30-20/h3-6,9,12-13H,7-8,10-11,14-15H2,1-2H3,(H,26,27,28). The van der Waals surface area contributed by atoms with Gasteiger partial charge in [-0.15, -0.1) is 0 Å². The number of pyridine rings is 1. The Kier molecular flexibility index (Phi) is 5.19. The monoisotopic (exact) mass is 418 g/mol. The highest BCUT2D eigenvalue weighted by atomic mass is 16.7. The summed E-state index contributed by atoms with van der Waals surface area (Å²) >= 11 is 0. The third-order valence-electron chi connectivity index (χ3n) is 6.34. The Bertz CT molecular complexity index is 1080. The van der Waals surface area contributed by atoms with Gasteiger partial charge in [0.25, 0.3) is 0 Å². The van der Waals surface area contributed by atoms with E-state index in [0.29, 0.717) is 5.82 Å². The van der Waals surface area contributed by atoms with Crippen LogP contribution in [0, 0.1) is 13.8 Å². The first kappa shape index (κ1) is 19.8. The summed E-state index contributed by atoms with van der Waals surface area (Å²) in [5.74, 6) is 3.17. The molecular formula is C24H26N4O3. The molecule has 1 N–H and O–H groups in total. The van der Waals surface area contributed by atoms with Crippen LogP contribution in [0.5, 0.6) is 11.5 Å². The highest BCUT2D eigenvalue weighted by Gasteiger charge is 2.36. The van der Waals surface area contributed by atoms with Gasteiger partial charge in [-0.05, 0) is 56.5 Å². The van der Waals surface area contributed by atoms with E-state index in [1.54, 1.807) is 12.4 Å². The maximum absolute atomic E-state index is 5.69. The number of anilines is 1. The number of nitrogens with one attached hydrogen (secondary N) is 1. The molecule has 2 aliphatic heterocycles. The number of ether oxygens (including phenoxy) is 3. The van der Waals surface area contributed by atoms with Gasteiger partial charge < -0.3 is 19.5 Å². The molecule has 3 aromatic rings. The van der Waals surface area contributed by atoms with Crippen molar-refractivity contribution in [2.45, 2.75) is 32.1 Å². The van der Waals surface area contributed by atoms with E-state index in [-0.39, 0.29) is 12.2 Å². The molecule has 0 spiro atoms. The van der Waals surface area contributed by atoms with Crippen LogP contribution in [-0.4, -0.2) is 41.5 Å². The Morgan fingerprint density at radius 1 is 1.03 bits per heavy atom. The van der Waals surface area contributed by atoms with Gasteiger partial charge in [0.2, 0.25) is 6.79 Å². The normalized spacial score (nSPS) is 16.8. The topological polar surface area (TPSA) is 78.4 Å². The summed E-state index contributed by atoms with van der Waals surface area (Å²) in [7, 11) is 0. The fourth-order valence-electron chi connectivity index (χ4n) is 4.23. The lowest BCUT2D eigenvalue weighted by Crippen LogP contribution is -2.40. The molecule has 0 unspecified atom stereocenters. The average Bonchev–Trinajstić information content (AvgIpc) is 3.29. The molecule has 1 fully saturated rings. The summed E-state index contributed by atoms with van der Waals surface area (Å²) < 4.78 is 16.8. The zero-order valence-corrected chi connectivity index (χ0v) is 17.9. The number of aromatic nitrogens is 3. The van der Waals surface area contributed by atoms with Crippen LogP contribution in [0.4, 0.5) is 5.82 Å². The Labute approximate surface area is 181 Å². The lowest BCUT2D eigenvalue weighted by molar-refractivity contribution is 0.0543. The van der Waals surface area contributed by atoms with Crippen LogP contribution in [0.1, 0.15) is 29.7 Å². The van der Waals surface area contributed by atoms with Crippen LogP contribution in [0.15, 0.2) is 42.7 Å². The van der Waals surface area contributed by atoms with Crippen molar-refractivity contribution in [3.8, 4) is 22.9 Å². The zero-order valence-electron chi connectivity index (χ0n) is 17.9. The Balaban J connectivity index is 1.46. The minimum atomic E-state index is -0.0704. The van der Waals surface area contributed by atoms with Crippen LogP contribution in [0.25, 0.3) is 11.4 Å². The van der Waals surface area contributed by atoms with Gasteiger partial charge in [0.05, 0.1) is 0 Å². The second-order valence-corrected chi connectivity index (χ2v) is 8.16. The summed E-state index contributed by atoms with van der Waals surface area (Å²) in [5, 5.41) is 3.64. The van der Waals surface area contributed by atoms with Crippen molar-refractivity contribution >= 4 is 5.82 Å². The molecule has 2 aliphatic rings. The van der Waals surface area contributed by atoms with E-state index >= 15 is 0 Å². The molecule has 31 heavy (non-hydrogen) atoms. The van der Waals surface area contributed by atoms with Crippen LogP contribution < -0.4 is 14.8 Å². The number of aryl methyl sites for hydroxylation is 1. The molecule has 0 saturated carbocycles. The summed E-state index contributed by atoms with van der Waals surface area (Å²) in [4.78, 5) is 13.7. The van der Waals surface area contributed by atoms with E-state index in [1.165, 1.54) is 5.56 Å². The first-order valence-corrected chi connectivity index (χ1v) is 10.6. The number of nitrogens with zero attached hydrogens (tertiary/aromatic N) is 3. The third-order valence-corrected chi connectivity index (χ3v) is 6.34. The highest BCUT2D eigenvalue weighted by Crippen LogP contribution is 2.41. The fourth-order valence-corrected chi connectivity index (χ4v) is 4.23. The van der Waals surface area contributed by atoms with Crippen LogP contribution in [0.2, 0.25) is 0 Å². The Hall–Kier alpha value is -3.19. The molecule has 7 heteroatoms. The van der Waals surface area contributed by atoms with Crippen molar-refractivity contribution in [2.75, 3.05) is 31.9 Å². The molecule has 0 amide bonds.